The van der Waals surface area contributed by atoms with Crippen molar-refractivity contribution in [2.45, 2.75) is 13.2 Å². The molecule has 1 amide bonds. The summed E-state index contributed by atoms with van der Waals surface area (Å²) in [6.45, 7) is 0.488. The van der Waals surface area contributed by atoms with Crippen LogP contribution < -0.4 is 14.8 Å². The molecule has 0 spiro atoms. The lowest BCUT2D eigenvalue weighted by Crippen LogP contribution is -2.22. The van der Waals surface area contributed by atoms with Crippen LogP contribution in [-0.2, 0) is 13.2 Å². The molecule has 0 saturated heterocycles. The van der Waals surface area contributed by atoms with Crippen molar-refractivity contribution in [3.63, 3.8) is 0 Å². The van der Waals surface area contributed by atoms with Crippen molar-refractivity contribution in [1.82, 2.24) is 20.7 Å². The number of methoxy groups -OCH3 is 1. The third-order valence-corrected chi connectivity index (χ3v) is 3.23. The van der Waals surface area contributed by atoms with E-state index < -0.39 is 0 Å². The molecule has 8 nitrogen and oxygen atoms in total. The fourth-order valence-electron chi connectivity index (χ4n) is 2.04. The summed E-state index contributed by atoms with van der Waals surface area (Å²) in [5, 5.41) is 13.0. The van der Waals surface area contributed by atoms with Crippen LogP contribution in [0.15, 0.2) is 47.1 Å². The molecular weight excluding hydrogens is 312 g/mol. The molecule has 3 rings (SSSR count). The average molecular weight is 328 g/mol. The fourth-order valence-corrected chi connectivity index (χ4v) is 2.04. The summed E-state index contributed by atoms with van der Waals surface area (Å²) in [6, 6.07) is 10.6. The predicted octanol–water partition coefficient (Wildman–Crippen LogP) is 1.92. The molecule has 0 atom stereocenters. The Morgan fingerprint density at radius 3 is 2.88 bits per heavy atom. The summed E-state index contributed by atoms with van der Waals surface area (Å²) in [5.74, 6) is 1.51. The van der Waals surface area contributed by atoms with Crippen LogP contribution in [0, 0.1) is 0 Å². The van der Waals surface area contributed by atoms with Crippen molar-refractivity contribution < 1.29 is 18.8 Å². The van der Waals surface area contributed by atoms with E-state index in [1.54, 1.807) is 25.3 Å². The maximum absolute atomic E-state index is 12.0. The lowest BCUT2D eigenvalue weighted by Gasteiger charge is -2.08. The van der Waals surface area contributed by atoms with Gasteiger partial charge in [0, 0.05) is 6.07 Å². The molecule has 0 aliphatic rings. The van der Waals surface area contributed by atoms with E-state index in [4.69, 9.17) is 14.0 Å². The van der Waals surface area contributed by atoms with Crippen LogP contribution in [-0.4, -0.2) is 28.4 Å². The Bertz CT molecular complexity index is 798. The summed E-state index contributed by atoms with van der Waals surface area (Å²) in [6.07, 6.45) is 1.52. The third kappa shape index (κ3) is 3.72. The van der Waals surface area contributed by atoms with E-state index in [0.717, 1.165) is 0 Å². The second-order valence-electron chi connectivity index (χ2n) is 4.88. The van der Waals surface area contributed by atoms with E-state index in [1.807, 2.05) is 18.2 Å². The van der Waals surface area contributed by atoms with Gasteiger partial charge in [0.15, 0.2) is 17.3 Å². The van der Waals surface area contributed by atoms with Crippen molar-refractivity contribution >= 4 is 5.91 Å². The lowest BCUT2D eigenvalue weighted by molar-refractivity contribution is 0.0942. The summed E-state index contributed by atoms with van der Waals surface area (Å²) in [5.41, 5.74) is 0.943. The maximum atomic E-state index is 12.0. The minimum absolute atomic E-state index is 0.239. The summed E-state index contributed by atoms with van der Waals surface area (Å²) in [7, 11) is 1.58. The van der Waals surface area contributed by atoms with Gasteiger partial charge < -0.3 is 19.3 Å². The van der Waals surface area contributed by atoms with E-state index in [9.17, 15) is 4.79 Å². The van der Waals surface area contributed by atoms with Crippen molar-refractivity contribution in [2.75, 3.05) is 7.11 Å². The number of aromatic amines is 1. The normalized spacial score (nSPS) is 10.4. The number of ether oxygens (including phenoxy) is 2. The molecule has 8 heteroatoms. The lowest BCUT2D eigenvalue weighted by atomic mass is 10.3. The highest BCUT2D eigenvalue weighted by molar-refractivity contribution is 5.92. The number of H-pyrrole nitrogens is 1. The van der Waals surface area contributed by atoms with Crippen LogP contribution in [0.1, 0.15) is 21.9 Å². The number of hydrogen-bond donors (Lipinski definition) is 2. The molecule has 2 N–H and O–H groups in total. The molecule has 3 aromatic rings. The fraction of sp³-hybridized carbons (Fsp3) is 0.188. The Labute approximate surface area is 137 Å². The van der Waals surface area contributed by atoms with Crippen LogP contribution in [0.3, 0.4) is 0 Å². The van der Waals surface area contributed by atoms with Crippen LogP contribution in [0.4, 0.5) is 0 Å². The SMILES string of the molecule is COc1ccccc1OCc1cc(C(=O)NCc2ccno2)n[nH]1. The number of para-hydroxylation sites is 2. The van der Waals surface area contributed by atoms with E-state index in [0.29, 0.717) is 23.0 Å². The molecule has 0 bridgehead atoms. The van der Waals surface area contributed by atoms with Crippen molar-refractivity contribution in [3.8, 4) is 11.5 Å². The Hall–Kier alpha value is -3.29. The molecule has 0 saturated carbocycles. The Morgan fingerprint density at radius 2 is 2.12 bits per heavy atom. The molecule has 24 heavy (non-hydrogen) atoms. The van der Waals surface area contributed by atoms with E-state index in [2.05, 4.69) is 20.7 Å². The Morgan fingerprint density at radius 1 is 1.29 bits per heavy atom. The van der Waals surface area contributed by atoms with Gasteiger partial charge in [-0.15, -0.1) is 0 Å². The van der Waals surface area contributed by atoms with Gasteiger partial charge in [-0.1, -0.05) is 17.3 Å². The van der Waals surface area contributed by atoms with Gasteiger partial charge in [-0.05, 0) is 18.2 Å². The zero-order chi connectivity index (χ0) is 16.8. The third-order valence-electron chi connectivity index (χ3n) is 3.23. The van der Waals surface area contributed by atoms with Crippen LogP contribution >= 0.6 is 0 Å². The molecule has 0 aliphatic carbocycles. The van der Waals surface area contributed by atoms with Crippen molar-refractivity contribution in [1.29, 1.82) is 0 Å². The second kappa shape index (κ2) is 7.32. The molecular formula is C16H16N4O4. The highest BCUT2D eigenvalue weighted by atomic mass is 16.5. The number of nitrogens with one attached hydrogen (secondary N) is 2. The number of hydrogen-bond acceptors (Lipinski definition) is 6. The smallest absolute Gasteiger partial charge is 0.272 e. The van der Waals surface area contributed by atoms with Gasteiger partial charge in [0.1, 0.15) is 12.3 Å². The molecule has 2 aromatic heterocycles. The zero-order valence-corrected chi connectivity index (χ0v) is 13.0. The topological polar surface area (TPSA) is 102 Å². The van der Waals surface area contributed by atoms with Gasteiger partial charge in [-0.3, -0.25) is 9.89 Å². The van der Waals surface area contributed by atoms with Gasteiger partial charge in [0.25, 0.3) is 5.91 Å². The highest BCUT2D eigenvalue weighted by Gasteiger charge is 2.12. The van der Waals surface area contributed by atoms with E-state index in [-0.39, 0.29) is 24.8 Å². The standard InChI is InChI=1S/C16H16N4O4/c1-22-14-4-2-3-5-15(14)23-10-11-8-13(20-19-11)16(21)17-9-12-6-7-18-24-12/h2-8H,9-10H2,1H3,(H,17,21)(H,19,20). The highest BCUT2D eigenvalue weighted by Crippen LogP contribution is 2.26. The van der Waals surface area contributed by atoms with Gasteiger partial charge in [-0.25, -0.2) is 0 Å². The van der Waals surface area contributed by atoms with E-state index in [1.165, 1.54) is 6.20 Å². The molecule has 0 fully saturated rings. The molecule has 0 radical (unpaired) electrons. The first-order valence-electron chi connectivity index (χ1n) is 7.24. The zero-order valence-electron chi connectivity index (χ0n) is 13.0. The average Bonchev–Trinajstić information content (AvgIpc) is 3.30. The number of aromatic nitrogens is 3. The summed E-state index contributed by atoms with van der Waals surface area (Å²) in [4.78, 5) is 12.0. The van der Waals surface area contributed by atoms with Gasteiger partial charge >= 0.3 is 0 Å². The maximum Gasteiger partial charge on any atom is 0.272 e. The molecule has 124 valence electrons. The van der Waals surface area contributed by atoms with Gasteiger partial charge in [0.05, 0.1) is 25.5 Å². The second-order valence-corrected chi connectivity index (χ2v) is 4.88. The van der Waals surface area contributed by atoms with Crippen molar-refractivity contribution in [3.05, 3.63) is 59.7 Å². The number of carbonyl (C=O) groups is 1. The van der Waals surface area contributed by atoms with Crippen LogP contribution in [0.2, 0.25) is 0 Å². The molecule has 2 heterocycles. The van der Waals surface area contributed by atoms with Crippen LogP contribution in [0.25, 0.3) is 0 Å². The minimum Gasteiger partial charge on any atom is -0.493 e. The number of nitrogens with zero attached hydrogens (tertiary/aromatic N) is 2. The Balaban J connectivity index is 1.56. The first-order chi connectivity index (χ1) is 11.8. The molecule has 0 unspecified atom stereocenters. The Kier molecular flexibility index (Phi) is 4.76. The largest absolute Gasteiger partial charge is 0.493 e. The molecule has 0 aliphatic heterocycles. The number of rotatable bonds is 7. The van der Waals surface area contributed by atoms with Crippen LogP contribution in [0.5, 0.6) is 11.5 Å². The first-order valence-corrected chi connectivity index (χ1v) is 7.24. The predicted molar refractivity (Wildman–Crippen MR) is 83.6 cm³/mol. The van der Waals surface area contributed by atoms with E-state index >= 15 is 0 Å². The quantitative estimate of drug-likeness (QED) is 0.687. The van der Waals surface area contributed by atoms with Crippen molar-refractivity contribution in [2.24, 2.45) is 0 Å². The number of carbonyl (C=O) groups excluding carboxylic acids is 1. The summed E-state index contributed by atoms with van der Waals surface area (Å²) >= 11 is 0. The molecule has 1 aromatic carbocycles. The minimum atomic E-state index is -0.314. The first kappa shape index (κ1) is 15.6. The number of amides is 1. The van der Waals surface area contributed by atoms with Gasteiger partial charge in [0.2, 0.25) is 0 Å². The monoisotopic (exact) mass is 328 g/mol. The van der Waals surface area contributed by atoms with Gasteiger partial charge in [-0.2, -0.15) is 5.10 Å². The number of benzene rings is 1. The summed E-state index contributed by atoms with van der Waals surface area (Å²) < 4.78 is 15.8.